The molecular weight excluding hydrogens is 256 g/mol. The first kappa shape index (κ1) is 12.9. The van der Waals surface area contributed by atoms with E-state index in [2.05, 4.69) is 26.1 Å². The lowest BCUT2D eigenvalue weighted by molar-refractivity contribution is -0.761. The fourth-order valence-corrected chi connectivity index (χ4v) is 2.38. The van der Waals surface area contributed by atoms with E-state index in [1.807, 2.05) is 18.3 Å². The van der Waals surface area contributed by atoms with Gasteiger partial charge in [0, 0.05) is 32.4 Å². The van der Waals surface area contributed by atoms with Gasteiger partial charge in [-0.1, -0.05) is 6.07 Å². The number of pyridine rings is 1. The maximum Gasteiger partial charge on any atom is 0.293 e. The number of rotatable bonds is 4. The summed E-state index contributed by atoms with van der Waals surface area (Å²) in [5.41, 5.74) is 5.49. The minimum Gasteiger partial charge on any atom is -0.362 e. The van der Waals surface area contributed by atoms with Crippen molar-refractivity contribution in [1.82, 2.24) is 15.2 Å². The van der Waals surface area contributed by atoms with Crippen molar-refractivity contribution < 1.29 is 9.20 Å². The molecular formula is C13H19N6O+. The first-order chi connectivity index (χ1) is 9.81. The molecule has 0 bridgehead atoms. The van der Waals surface area contributed by atoms with Crippen LogP contribution in [0.25, 0.3) is 0 Å². The Morgan fingerprint density at radius 3 is 2.75 bits per heavy atom. The Morgan fingerprint density at radius 1 is 1.25 bits per heavy atom. The molecule has 0 unspecified atom stereocenters. The zero-order valence-electron chi connectivity index (χ0n) is 11.4. The van der Waals surface area contributed by atoms with E-state index in [4.69, 9.17) is 10.3 Å². The Bertz CT molecular complexity index is 535. The maximum atomic E-state index is 5.49. The van der Waals surface area contributed by atoms with Crippen LogP contribution < -0.4 is 15.3 Å². The number of nitrogen functional groups attached to an aromatic ring is 1. The molecule has 0 spiro atoms. The molecule has 0 atom stereocenters. The smallest absolute Gasteiger partial charge is 0.293 e. The summed E-state index contributed by atoms with van der Waals surface area (Å²) in [5, 5.41) is 3.83. The molecule has 0 saturated carbocycles. The number of piperazine rings is 1. The Hall–Kier alpha value is -2.15. The highest BCUT2D eigenvalue weighted by Gasteiger charge is 2.19. The highest BCUT2D eigenvalue weighted by molar-refractivity contribution is 5.38. The monoisotopic (exact) mass is 275 g/mol. The number of hydrogen-bond acceptors (Lipinski definition) is 6. The average Bonchev–Trinajstić information content (AvgIpc) is 2.92. The van der Waals surface area contributed by atoms with Crippen LogP contribution in [-0.4, -0.2) is 47.9 Å². The first-order valence-corrected chi connectivity index (χ1v) is 6.81. The lowest BCUT2D eigenvalue weighted by Gasteiger charge is -2.34. The van der Waals surface area contributed by atoms with E-state index in [0.717, 1.165) is 45.1 Å². The second-order valence-electron chi connectivity index (χ2n) is 4.88. The quantitative estimate of drug-likeness (QED) is 0.776. The highest BCUT2D eigenvalue weighted by Crippen LogP contribution is 2.12. The summed E-state index contributed by atoms with van der Waals surface area (Å²) in [4.78, 5) is 9.12. The first-order valence-electron chi connectivity index (χ1n) is 6.81. The minimum atomic E-state index is 0.352. The van der Waals surface area contributed by atoms with Gasteiger partial charge < -0.3 is 10.6 Å². The van der Waals surface area contributed by atoms with Gasteiger partial charge in [0.2, 0.25) is 5.27 Å². The molecule has 106 valence electrons. The second kappa shape index (κ2) is 5.87. The predicted octanol–water partition coefficient (Wildman–Crippen LogP) is -0.238. The van der Waals surface area contributed by atoms with Crippen LogP contribution in [0.2, 0.25) is 0 Å². The molecule has 2 aromatic rings. The van der Waals surface area contributed by atoms with E-state index in [1.54, 1.807) is 10.9 Å². The molecule has 1 fully saturated rings. The van der Waals surface area contributed by atoms with Crippen LogP contribution in [0.3, 0.4) is 0 Å². The zero-order chi connectivity index (χ0) is 13.8. The van der Waals surface area contributed by atoms with Gasteiger partial charge in [-0.3, -0.25) is 9.42 Å². The Labute approximate surface area is 117 Å². The van der Waals surface area contributed by atoms with Gasteiger partial charge in [0.05, 0.1) is 6.54 Å². The molecule has 3 rings (SSSR count). The number of anilines is 2. The van der Waals surface area contributed by atoms with E-state index in [-0.39, 0.29) is 0 Å². The van der Waals surface area contributed by atoms with Gasteiger partial charge in [-0.25, -0.2) is 4.98 Å². The van der Waals surface area contributed by atoms with Crippen molar-refractivity contribution in [1.29, 1.82) is 0 Å². The van der Waals surface area contributed by atoms with Crippen molar-refractivity contribution in [2.24, 2.45) is 0 Å². The fourth-order valence-electron chi connectivity index (χ4n) is 2.38. The largest absolute Gasteiger partial charge is 0.362 e. The fraction of sp³-hybridized carbons (Fsp3) is 0.462. The molecule has 0 aliphatic carbocycles. The molecule has 0 radical (unpaired) electrons. The zero-order valence-corrected chi connectivity index (χ0v) is 11.4. The summed E-state index contributed by atoms with van der Waals surface area (Å²) >= 11 is 0. The van der Waals surface area contributed by atoms with Crippen LogP contribution in [-0.2, 0) is 6.54 Å². The van der Waals surface area contributed by atoms with Crippen LogP contribution in [0.15, 0.2) is 35.1 Å². The van der Waals surface area contributed by atoms with Crippen LogP contribution in [0.5, 0.6) is 0 Å². The van der Waals surface area contributed by atoms with Crippen molar-refractivity contribution in [3.63, 3.8) is 0 Å². The van der Waals surface area contributed by atoms with Crippen molar-refractivity contribution in [3.8, 4) is 0 Å². The maximum absolute atomic E-state index is 5.49. The van der Waals surface area contributed by atoms with E-state index in [9.17, 15) is 0 Å². The number of nitrogens with zero attached hydrogens (tertiary/aromatic N) is 5. The molecule has 1 saturated heterocycles. The molecule has 7 nitrogen and oxygen atoms in total. The number of nitrogens with two attached hydrogens (primary N) is 1. The molecule has 0 amide bonds. The van der Waals surface area contributed by atoms with Crippen LogP contribution >= 0.6 is 0 Å². The SMILES string of the molecule is Nc1c[n+](CCN2CCN(c3ccccn3)CC2)no1. The minimum absolute atomic E-state index is 0.352. The van der Waals surface area contributed by atoms with E-state index >= 15 is 0 Å². The molecule has 7 heteroatoms. The summed E-state index contributed by atoms with van der Waals surface area (Å²) in [6, 6.07) is 6.03. The lowest BCUT2D eigenvalue weighted by Crippen LogP contribution is -2.50. The Kier molecular flexibility index (Phi) is 3.78. The molecule has 2 N–H and O–H groups in total. The third kappa shape index (κ3) is 3.05. The average molecular weight is 275 g/mol. The Morgan fingerprint density at radius 2 is 2.10 bits per heavy atom. The summed E-state index contributed by atoms with van der Waals surface area (Å²) in [5.74, 6) is 1.41. The topological polar surface area (TPSA) is 75.3 Å². The molecule has 1 aliphatic rings. The van der Waals surface area contributed by atoms with Crippen LogP contribution in [0.1, 0.15) is 0 Å². The normalized spacial score (nSPS) is 16.5. The number of hydrogen-bond donors (Lipinski definition) is 1. The molecule has 2 aromatic heterocycles. The molecule has 20 heavy (non-hydrogen) atoms. The summed E-state index contributed by atoms with van der Waals surface area (Å²) in [6.07, 6.45) is 3.55. The van der Waals surface area contributed by atoms with Gasteiger partial charge in [-0.05, 0) is 16.8 Å². The summed E-state index contributed by atoms with van der Waals surface area (Å²) in [7, 11) is 0. The van der Waals surface area contributed by atoms with Gasteiger partial charge in [-0.15, -0.1) is 0 Å². The second-order valence-corrected chi connectivity index (χ2v) is 4.88. The van der Waals surface area contributed by atoms with Gasteiger partial charge >= 0.3 is 0 Å². The van der Waals surface area contributed by atoms with Crippen molar-refractivity contribution in [2.75, 3.05) is 43.4 Å². The van der Waals surface area contributed by atoms with Crippen molar-refractivity contribution in [2.45, 2.75) is 6.54 Å². The van der Waals surface area contributed by atoms with Gasteiger partial charge in [0.1, 0.15) is 5.82 Å². The van der Waals surface area contributed by atoms with Crippen LogP contribution in [0.4, 0.5) is 11.7 Å². The third-order valence-electron chi connectivity index (χ3n) is 3.52. The molecule has 3 heterocycles. The van der Waals surface area contributed by atoms with E-state index < -0.39 is 0 Å². The van der Waals surface area contributed by atoms with Gasteiger partial charge in [-0.2, -0.15) is 0 Å². The van der Waals surface area contributed by atoms with Crippen molar-refractivity contribution in [3.05, 3.63) is 30.6 Å². The van der Waals surface area contributed by atoms with Gasteiger partial charge in [0.25, 0.3) is 12.1 Å². The van der Waals surface area contributed by atoms with E-state index in [1.165, 1.54) is 0 Å². The highest BCUT2D eigenvalue weighted by atomic mass is 16.5. The summed E-state index contributed by atoms with van der Waals surface area (Å²) in [6.45, 7) is 5.82. The molecule has 0 aromatic carbocycles. The summed E-state index contributed by atoms with van der Waals surface area (Å²) < 4.78 is 6.57. The Balaban J connectivity index is 1.47. The third-order valence-corrected chi connectivity index (χ3v) is 3.52. The number of aromatic nitrogens is 3. The standard InChI is InChI=1S/C13H19N6O/c14-12-11-19(16-20-12)10-7-17-5-8-18(9-6-17)13-3-1-2-4-15-13/h1-4,11H,5-10,14H2/q+1. The predicted molar refractivity (Wildman–Crippen MR) is 74.0 cm³/mol. The van der Waals surface area contributed by atoms with E-state index in [0.29, 0.717) is 5.88 Å². The van der Waals surface area contributed by atoms with Crippen molar-refractivity contribution >= 4 is 11.7 Å². The lowest BCUT2D eigenvalue weighted by atomic mass is 10.3. The molecule has 1 aliphatic heterocycles. The van der Waals surface area contributed by atoms with Crippen LogP contribution in [0, 0.1) is 0 Å². The van der Waals surface area contributed by atoms with Gasteiger partial charge in [0.15, 0.2) is 6.54 Å².